The third kappa shape index (κ3) is 5.58. The molecule has 0 radical (unpaired) electrons. The van der Waals surface area contributed by atoms with Gasteiger partial charge in [-0.2, -0.15) is 10.2 Å². The van der Waals surface area contributed by atoms with Crippen LogP contribution in [0.25, 0.3) is 11.4 Å². The molecule has 11 nitrogen and oxygen atoms in total. The van der Waals surface area contributed by atoms with Crippen molar-refractivity contribution in [3.8, 4) is 34.6 Å². The summed E-state index contributed by atoms with van der Waals surface area (Å²) in [7, 11) is 0. The second-order valence-electron chi connectivity index (χ2n) is 10.3. The van der Waals surface area contributed by atoms with Gasteiger partial charge in [0.1, 0.15) is 11.4 Å². The van der Waals surface area contributed by atoms with Crippen molar-refractivity contribution in [1.29, 1.82) is 0 Å². The Morgan fingerprint density at radius 3 is 2.17 bits per heavy atom. The van der Waals surface area contributed by atoms with Gasteiger partial charge in [0.15, 0.2) is 11.5 Å². The van der Waals surface area contributed by atoms with E-state index in [4.69, 9.17) is 29.4 Å². The first-order valence-electron chi connectivity index (χ1n) is 14.5. The molecule has 0 bridgehead atoms. The molecule has 0 fully saturated rings. The molecule has 4 aromatic carbocycles. The van der Waals surface area contributed by atoms with Crippen molar-refractivity contribution in [1.82, 2.24) is 19.6 Å². The van der Waals surface area contributed by atoms with Crippen LogP contribution in [0.1, 0.15) is 22.5 Å². The molecule has 0 saturated carbocycles. The van der Waals surface area contributed by atoms with E-state index in [1.165, 1.54) is 0 Å². The van der Waals surface area contributed by atoms with Crippen molar-refractivity contribution < 1.29 is 24.4 Å². The predicted octanol–water partition coefficient (Wildman–Crippen LogP) is 7.16. The van der Waals surface area contributed by atoms with Crippen LogP contribution in [0.5, 0.6) is 23.3 Å². The molecule has 0 saturated heterocycles. The van der Waals surface area contributed by atoms with E-state index in [0.717, 1.165) is 11.4 Å². The quantitative estimate of drug-likeness (QED) is 0.115. The number of benzene rings is 4. The maximum Gasteiger partial charge on any atom is 0.409 e. The van der Waals surface area contributed by atoms with E-state index in [0.29, 0.717) is 51.4 Å². The summed E-state index contributed by atoms with van der Waals surface area (Å²) in [4.78, 5) is 13.8. The number of fused-ring (bicyclic) bond motifs is 2. The Morgan fingerprint density at radius 1 is 0.761 bits per heavy atom. The molecular weight excluding hydrogens is 584 g/mol. The minimum Gasteiger partial charge on any atom is -0.420 e. The number of hydrogen-bond donors (Lipinski definition) is 1. The molecule has 3 heterocycles. The number of rotatable bonds is 7. The van der Waals surface area contributed by atoms with Gasteiger partial charge in [-0.25, -0.2) is 14.6 Å². The Kier molecular flexibility index (Phi) is 7.71. The summed E-state index contributed by atoms with van der Waals surface area (Å²) < 4.78 is 22.9. The Morgan fingerprint density at radius 2 is 1.41 bits per heavy atom. The lowest BCUT2D eigenvalue weighted by molar-refractivity contribution is -0.145. The third-order valence-corrected chi connectivity index (χ3v) is 7.26. The van der Waals surface area contributed by atoms with Crippen molar-refractivity contribution >= 4 is 23.8 Å². The van der Waals surface area contributed by atoms with Crippen LogP contribution in [-0.2, 0) is 0 Å². The first kappa shape index (κ1) is 28.6. The molecule has 6 aromatic rings. The highest BCUT2D eigenvalue weighted by atomic mass is 17.1. The van der Waals surface area contributed by atoms with Crippen LogP contribution in [0.15, 0.2) is 119 Å². The highest BCUT2D eigenvalue weighted by Crippen LogP contribution is 2.35. The summed E-state index contributed by atoms with van der Waals surface area (Å²) in [5.41, 5.74) is 5.11. The van der Waals surface area contributed by atoms with Gasteiger partial charge >= 0.3 is 6.48 Å². The molecule has 1 unspecified atom stereocenters. The van der Waals surface area contributed by atoms with Gasteiger partial charge in [0, 0.05) is 12.4 Å². The Balaban J connectivity index is 1.36. The minimum atomic E-state index is -1.32. The van der Waals surface area contributed by atoms with E-state index in [9.17, 15) is 5.26 Å². The molecular formula is C35H28N6O5. The monoisotopic (exact) mass is 612 g/mol. The van der Waals surface area contributed by atoms with Gasteiger partial charge in [-0.05, 0) is 62.4 Å². The number of para-hydroxylation sites is 6. The van der Waals surface area contributed by atoms with E-state index in [1.807, 2.05) is 92.7 Å². The molecule has 228 valence electrons. The molecule has 2 aromatic heterocycles. The lowest BCUT2D eigenvalue weighted by Crippen LogP contribution is -2.32. The van der Waals surface area contributed by atoms with Crippen LogP contribution in [-0.4, -0.2) is 43.7 Å². The van der Waals surface area contributed by atoms with Crippen molar-refractivity contribution in [2.45, 2.75) is 20.3 Å². The van der Waals surface area contributed by atoms with Crippen molar-refractivity contribution in [2.75, 3.05) is 0 Å². The molecule has 1 aliphatic rings. The number of aryl methyl sites for hydroxylation is 2. The van der Waals surface area contributed by atoms with Gasteiger partial charge in [0.05, 0.1) is 33.9 Å². The third-order valence-electron chi connectivity index (χ3n) is 7.26. The Labute approximate surface area is 264 Å². The number of hydrogen-bond acceptors (Lipinski definition) is 9. The average Bonchev–Trinajstić information content (AvgIpc) is 3.60. The van der Waals surface area contributed by atoms with E-state index in [1.54, 1.807) is 52.1 Å². The summed E-state index contributed by atoms with van der Waals surface area (Å²) >= 11 is 0. The fraction of sp³-hybridized carbons (Fsp3) is 0.0857. The van der Waals surface area contributed by atoms with Crippen LogP contribution >= 0.6 is 0 Å². The van der Waals surface area contributed by atoms with Gasteiger partial charge in [0.25, 0.3) is 0 Å². The van der Waals surface area contributed by atoms with Crippen LogP contribution in [0.3, 0.4) is 0 Å². The zero-order chi connectivity index (χ0) is 31.5. The summed E-state index contributed by atoms with van der Waals surface area (Å²) in [6.07, 6.45) is 3.32. The number of aliphatic imine (C=N–C) groups is 2. The molecule has 0 spiro atoms. The highest BCUT2D eigenvalue weighted by molar-refractivity contribution is 5.88. The summed E-state index contributed by atoms with van der Waals surface area (Å²) in [6, 6.07) is 33.5. The lowest BCUT2D eigenvalue weighted by atomic mass is 10.2. The SMILES string of the molecule is Cc1nn(-c2ccccc2)c(OC2Oc3ccccc3/N=C/c3c(C)nn(-c4ccccc4)c3O2)c1/C=N/c1ccccc1OO. The zero-order valence-electron chi connectivity index (χ0n) is 24.9. The standard InChI is InChI=1S/C35H28N6O5/c1-23-27-21-36-29-17-9-11-19-31(29)43-35(44-33(27)40(38-23)25-13-5-3-6-14-25)45-34-28(22-37-30-18-10-12-20-32(30)46-42)24(2)39-41(34)26-15-7-4-8-16-26/h3-22,35,42H,1-2H3/b36-21+,37-22+. The zero-order valence-corrected chi connectivity index (χ0v) is 24.9. The number of nitrogens with zero attached hydrogens (tertiary/aromatic N) is 6. The molecule has 46 heavy (non-hydrogen) atoms. The smallest absolute Gasteiger partial charge is 0.409 e. The molecule has 7 rings (SSSR count). The topological polar surface area (TPSA) is 118 Å². The first-order valence-corrected chi connectivity index (χ1v) is 14.5. The summed E-state index contributed by atoms with van der Waals surface area (Å²) in [5.74, 6) is 1.35. The van der Waals surface area contributed by atoms with E-state index in [-0.39, 0.29) is 5.75 Å². The Bertz CT molecular complexity index is 2050. The van der Waals surface area contributed by atoms with E-state index < -0.39 is 6.48 Å². The van der Waals surface area contributed by atoms with Crippen molar-refractivity contribution in [3.63, 3.8) is 0 Å². The van der Waals surface area contributed by atoms with Gasteiger partial charge in [-0.1, -0.05) is 60.7 Å². The number of ether oxygens (including phenoxy) is 3. The Hall–Kier alpha value is -6.20. The molecule has 11 heteroatoms. The fourth-order valence-electron chi connectivity index (χ4n) is 4.98. The van der Waals surface area contributed by atoms with Crippen LogP contribution in [0, 0.1) is 13.8 Å². The summed E-state index contributed by atoms with van der Waals surface area (Å²) in [6.45, 7) is 2.42. The number of aromatic nitrogens is 4. The predicted molar refractivity (Wildman–Crippen MR) is 173 cm³/mol. The second kappa shape index (κ2) is 12.4. The summed E-state index contributed by atoms with van der Waals surface area (Å²) in [5, 5.41) is 18.9. The molecule has 0 aliphatic carbocycles. The van der Waals surface area contributed by atoms with Gasteiger partial charge in [0.2, 0.25) is 11.8 Å². The average molecular weight is 613 g/mol. The van der Waals surface area contributed by atoms with Crippen LogP contribution < -0.4 is 19.1 Å². The maximum absolute atomic E-state index is 9.37. The van der Waals surface area contributed by atoms with Gasteiger partial charge in [-0.3, -0.25) is 9.98 Å². The maximum atomic E-state index is 9.37. The van der Waals surface area contributed by atoms with Gasteiger partial charge in [-0.15, -0.1) is 0 Å². The van der Waals surface area contributed by atoms with E-state index in [2.05, 4.69) is 9.88 Å². The molecule has 1 N–H and O–H groups in total. The molecule has 1 atom stereocenters. The largest absolute Gasteiger partial charge is 0.420 e. The highest BCUT2D eigenvalue weighted by Gasteiger charge is 2.29. The van der Waals surface area contributed by atoms with E-state index >= 15 is 0 Å². The second-order valence-corrected chi connectivity index (χ2v) is 10.3. The fourth-order valence-corrected chi connectivity index (χ4v) is 4.98. The molecule has 0 amide bonds. The van der Waals surface area contributed by atoms with Crippen LogP contribution in [0.4, 0.5) is 11.4 Å². The minimum absolute atomic E-state index is 0.200. The van der Waals surface area contributed by atoms with Crippen molar-refractivity contribution in [3.05, 3.63) is 132 Å². The van der Waals surface area contributed by atoms with Gasteiger partial charge < -0.3 is 19.1 Å². The lowest BCUT2D eigenvalue weighted by Gasteiger charge is -2.22. The van der Waals surface area contributed by atoms with Crippen LogP contribution in [0.2, 0.25) is 0 Å². The molecule has 1 aliphatic heterocycles. The normalized spacial score (nSPS) is 14.6. The first-order chi connectivity index (χ1) is 22.6. The van der Waals surface area contributed by atoms with Crippen molar-refractivity contribution in [2.24, 2.45) is 9.98 Å².